The van der Waals surface area contributed by atoms with Crippen LogP contribution in [0.1, 0.15) is 35.6 Å². The number of benzene rings is 1. The fourth-order valence-corrected chi connectivity index (χ4v) is 2.22. The smallest absolute Gasteiger partial charge is 0.168 e. The molecule has 0 saturated heterocycles. The van der Waals surface area contributed by atoms with Crippen LogP contribution in [0.15, 0.2) is 30.3 Å². The Morgan fingerprint density at radius 2 is 2.11 bits per heavy atom. The van der Waals surface area contributed by atoms with Crippen molar-refractivity contribution in [2.24, 2.45) is 0 Å². The Morgan fingerprint density at radius 1 is 1.32 bits per heavy atom. The third-order valence-electron chi connectivity index (χ3n) is 3.06. The van der Waals surface area contributed by atoms with Crippen LogP contribution >= 0.6 is 11.6 Å². The van der Waals surface area contributed by atoms with Gasteiger partial charge in [-0.3, -0.25) is 9.48 Å². The van der Waals surface area contributed by atoms with Gasteiger partial charge in [-0.25, -0.2) is 0 Å². The van der Waals surface area contributed by atoms with E-state index in [4.69, 9.17) is 11.6 Å². The van der Waals surface area contributed by atoms with Gasteiger partial charge in [0, 0.05) is 22.8 Å². The van der Waals surface area contributed by atoms with Crippen molar-refractivity contribution in [1.82, 2.24) is 9.78 Å². The van der Waals surface area contributed by atoms with Crippen molar-refractivity contribution < 1.29 is 4.79 Å². The lowest BCUT2D eigenvalue weighted by atomic mass is 10.1. The molecule has 0 saturated carbocycles. The first-order valence-corrected chi connectivity index (χ1v) is 6.86. The predicted molar refractivity (Wildman–Crippen MR) is 76.8 cm³/mol. The van der Waals surface area contributed by atoms with E-state index in [1.54, 1.807) is 24.3 Å². The number of Topliss-reactive ketones (excluding diaryl/α,β-unsaturated/α-hetero) is 1. The van der Waals surface area contributed by atoms with Gasteiger partial charge in [0.1, 0.15) is 0 Å². The average molecular weight is 277 g/mol. The number of halogens is 1. The Balaban J connectivity index is 2.21. The number of hydrogen-bond donors (Lipinski definition) is 0. The molecule has 0 spiro atoms. The molecular formula is C15H17ClN2O. The first-order chi connectivity index (χ1) is 9.13. The number of carbonyl (C=O) groups is 1. The van der Waals surface area contributed by atoms with Gasteiger partial charge in [-0.2, -0.15) is 5.10 Å². The zero-order valence-corrected chi connectivity index (χ0v) is 11.9. The number of carbonyl (C=O) groups excluding carboxylic acids is 1. The van der Waals surface area contributed by atoms with Gasteiger partial charge in [-0.05, 0) is 31.5 Å². The largest absolute Gasteiger partial charge is 0.294 e. The van der Waals surface area contributed by atoms with Crippen LogP contribution in [0.5, 0.6) is 0 Å². The first kappa shape index (κ1) is 13.8. The normalized spacial score (nSPS) is 10.7. The lowest BCUT2D eigenvalue weighted by Crippen LogP contribution is -2.09. The fraction of sp³-hybridized carbons (Fsp3) is 0.333. The van der Waals surface area contributed by atoms with E-state index in [1.807, 2.05) is 17.7 Å². The molecule has 0 bridgehead atoms. The van der Waals surface area contributed by atoms with E-state index in [0.717, 1.165) is 24.4 Å². The van der Waals surface area contributed by atoms with Gasteiger partial charge >= 0.3 is 0 Å². The van der Waals surface area contributed by atoms with E-state index in [1.165, 1.54) is 0 Å². The summed E-state index contributed by atoms with van der Waals surface area (Å²) in [7, 11) is 0. The summed E-state index contributed by atoms with van der Waals surface area (Å²) in [5.74, 6) is 0.0692. The van der Waals surface area contributed by atoms with E-state index in [-0.39, 0.29) is 5.78 Å². The molecule has 0 fully saturated rings. The van der Waals surface area contributed by atoms with Gasteiger partial charge in [0.05, 0.1) is 12.1 Å². The molecule has 0 aliphatic carbocycles. The van der Waals surface area contributed by atoms with Crippen LogP contribution in [0.2, 0.25) is 5.02 Å². The van der Waals surface area contributed by atoms with Crippen LogP contribution in [0.4, 0.5) is 0 Å². The van der Waals surface area contributed by atoms with Crippen molar-refractivity contribution in [3.8, 4) is 0 Å². The van der Waals surface area contributed by atoms with Crippen molar-refractivity contribution in [2.75, 3.05) is 0 Å². The minimum Gasteiger partial charge on any atom is -0.294 e. The maximum Gasteiger partial charge on any atom is 0.168 e. The maximum atomic E-state index is 12.2. The van der Waals surface area contributed by atoms with Crippen molar-refractivity contribution >= 4 is 17.4 Å². The van der Waals surface area contributed by atoms with E-state index >= 15 is 0 Å². The third kappa shape index (κ3) is 3.24. The molecule has 1 heterocycles. The minimum atomic E-state index is 0.0692. The third-order valence-corrected chi connectivity index (χ3v) is 3.30. The summed E-state index contributed by atoms with van der Waals surface area (Å²) in [5.41, 5.74) is 2.63. The molecule has 0 aliphatic heterocycles. The summed E-state index contributed by atoms with van der Waals surface area (Å²) in [6.45, 7) is 4.86. The highest BCUT2D eigenvalue weighted by atomic mass is 35.5. The predicted octanol–water partition coefficient (Wildman–Crippen LogP) is 3.54. The van der Waals surface area contributed by atoms with Crippen molar-refractivity contribution in [3.05, 3.63) is 52.3 Å². The van der Waals surface area contributed by atoms with Crippen LogP contribution in [-0.2, 0) is 19.4 Å². The molecule has 0 radical (unpaired) electrons. The van der Waals surface area contributed by atoms with Crippen LogP contribution in [0.25, 0.3) is 0 Å². The molecular weight excluding hydrogens is 260 g/mol. The van der Waals surface area contributed by atoms with Gasteiger partial charge < -0.3 is 0 Å². The van der Waals surface area contributed by atoms with E-state index < -0.39 is 0 Å². The molecule has 0 N–H and O–H groups in total. The summed E-state index contributed by atoms with van der Waals surface area (Å²) >= 11 is 5.91. The number of aromatic nitrogens is 2. The topological polar surface area (TPSA) is 34.9 Å². The molecule has 1 aromatic heterocycles. The van der Waals surface area contributed by atoms with E-state index in [2.05, 4.69) is 12.0 Å². The lowest BCUT2D eigenvalue weighted by Gasteiger charge is -2.04. The zero-order chi connectivity index (χ0) is 13.8. The van der Waals surface area contributed by atoms with E-state index in [9.17, 15) is 4.79 Å². The highest BCUT2D eigenvalue weighted by Crippen LogP contribution is 2.14. The monoisotopic (exact) mass is 276 g/mol. The standard InChI is InChI=1S/C15H17ClN2O/c1-3-13-9-14(18(4-2)17-13)10-15(19)11-6-5-7-12(16)8-11/h5-9H,3-4,10H2,1-2H3. The molecule has 0 atom stereocenters. The van der Waals surface area contributed by atoms with Crippen molar-refractivity contribution in [2.45, 2.75) is 33.2 Å². The fourth-order valence-electron chi connectivity index (χ4n) is 2.03. The van der Waals surface area contributed by atoms with Crippen molar-refractivity contribution in [3.63, 3.8) is 0 Å². The number of aryl methyl sites for hydroxylation is 2. The summed E-state index contributed by atoms with van der Waals surface area (Å²) in [4.78, 5) is 12.2. The zero-order valence-electron chi connectivity index (χ0n) is 11.2. The summed E-state index contributed by atoms with van der Waals surface area (Å²) in [6.07, 6.45) is 1.24. The number of nitrogens with zero attached hydrogens (tertiary/aromatic N) is 2. The highest BCUT2D eigenvalue weighted by molar-refractivity contribution is 6.31. The molecule has 0 amide bonds. The van der Waals surface area contributed by atoms with Crippen LogP contribution in [0, 0.1) is 0 Å². The quantitative estimate of drug-likeness (QED) is 0.783. The summed E-state index contributed by atoms with van der Waals surface area (Å²) < 4.78 is 1.89. The second-order valence-corrected chi connectivity index (χ2v) is 4.84. The average Bonchev–Trinajstić information content (AvgIpc) is 2.81. The SMILES string of the molecule is CCc1cc(CC(=O)c2cccc(Cl)c2)n(CC)n1. The molecule has 100 valence electrons. The second-order valence-electron chi connectivity index (χ2n) is 4.41. The molecule has 2 rings (SSSR count). The molecule has 19 heavy (non-hydrogen) atoms. The molecule has 4 heteroatoms. The van der Waals surface area contributed by atoms with Crippen LogP contribution < -0.4 is 0 Å². The second kappa shape index (κ2) is 6.02. The molecule has 0 aliphatic rings. The van der Waals surface area contributed by atoms with Gasteiger partial charge in [-0.15, -0.1) is 0 Å². The number of rotatable bonds is 5. The molecule has 2 aromatic rings. The lowest BCUT2D eigenvalue weighted by molar-refractivity contribution is 0.0990. The Bertz CT molecular complexity index is 590. The minimum absolute atomic E-state index is 0.0692. The Hall–Kier alpha value is -1.61. The van der Waals surface area contributed by atoms with Gasteiger partial charge in [0.2, 0.25) is 0 Å². The van der Waals surface area contributed by atoms with Crippen molar-refractivity contribution in [1.29, 1.82) is 0 Å². The van der Waals surface area contributed by atoms with Gasteiger partial charge in [-0.1, -0.05) is 30.7 Å². The molecule has 0 unspecified atom stereocenters. The number of ketones is 1. The Morgan fingerprint density at radius 3 is 2.74 bits per heavy atom. The van der Waals surface area contributed by atoms with Gasteiger partial charge in [0.15, 0.2) is 5.78 Å². The first-order valence-electron chi connectivity index (χ1n) is 6.48. The Kier molecular flexibility index (Phi) is 4.38. The molecule has 1 aromatic carbocycles. The van der Waals surface area contributed by atoms with Gasteiger partial charge in [0.25, 0.3) is 0 Å². The van der Waals surface area contributed by atoms with Crippen LogP contribution in [0.3, 0.4) is 0 Å². The maximum absolute atomic E-state index is 12.2. The molecule has 3 nitrogen and oxygen atoms in total. The van der Waals surface area contributed by atoms with E-state index in [0.29, 0.717) is 17.0 Å². The summed E-state index contributed by atoms with van der Waals surface area (Å²) in [5, 5.41) is 5.04. The highest BCUT2D eigenvalue weighted by Gasteiger charge is 2.12. The Labute approximate surface area is 118 Å². The summed E-state index contributed by atoms with van der Waals surface area (Å²) in [6, 6.07) is 9.07. The van der Waals surface area contributed by atoms with Crippen LogP contribution in [-0.4, -0.2) is 15.6 Å². The number of hydrogen-bond acceptors (Lipinski definition) is 2.